The van der Waals surface area contributed by atoms with Crippen LogP contribution in [0.2, 0.25) is 0 Å². The number of aromatic nitrogens is 2. The second-order valence-corrected chi connectivity index (χ2v) is 4.63. The number of nitrogens with zero attached hydrogens (tertiary/aromatic N) is 3. The summed E-state index contributed by atoms with van der Waals surface area (Å²) in [7, 11) is 0. The number of piperidine rings is 1. The molecule has 1 aromatic heterocycles. The van der Waals surface area contributed by atoms with Crippen LogP contribution in [0.25, 0.3) is 0 Å². The highest BCUT2D eigenvalue weighted by Crippen LogP contribution is 2.28. The van der Waals surface area contributed by atoms with Crippen LogP contribution in [-0.4, -0.2) is 33.9 Å². The second kappa shape index (κ2) is 4.14. The Morgan fingerprint density at radius 2 is 2.53 bits per heavy atom. The third-order valence-corrected chi connectivity index (χ3v) is 3.55. The number of carboxylic acid groups (broad SMARTS) is 1. The van der Waals surface area contributed by atoms with E-state index in [-0.39, 0.29) is 12.0 Å². The van der Waals surface area contributed by atoms with Gasteiger partial charge in [0.15, 0.2) is 0 Å². The summed E-state index contributed by atoms with van der Waals surface area (Å²) in [6.07, 6.45) is 1.38. The van der Waals surface area contributed by atoms with Crippen molar-refractivity contribution in [2.24, 2.45) is 5.92 Å². The fourth-order valence-electron chi connectivity index (χ4n) is 1.97. The number of anilines is 1. The Bertz CT molecular complexity index is 341. The van der Waals surface area contributed by atoms with Crippen LogP contribution < -0.4 is 4.90 Å². The molecule has 0 amide bonds. The summed E-state index contributed by atoms with van der Waals surface area (Å²) in [4.78, 5) is 13.0. The molecule has 1 aliphatic heterocycles. The van der Waals surface area contributed by atoms with Crippen LogP contribution in [0.5, 0.6) is 0 Å². The molecular weight excluding hydrogens is 214 g/mol. The summed E-state index contributed by atoms with van der Waals surface area (Å²) in [6, 6.07) is 0.229. The van der Waals surface area contributed by atoms with Gasteiger partial charge in [-0.25, -0.2) is 0 Å². The van der Waals surface area contributed by atoms with E-state index >= 15 is 0 Å². The van der Waals surface area contributed by atoms with Crippen molar-refractivity contribution in [2.45, 2.75) is 25.8 Å². The van der Waals surface area contributed by atoms with Crippen LogP contribution in [0.4, 0.5) is 5.13 Å². The summed E-state index contributed by atoms with van der Waals surface area (Å²) >= 11 is 1.50. The van der Waals surface area contributed by atoms with Crippen molar-refractivity contribution < 1.29 is 9.90 Å². The maximum Gasteiger partial charge on any atom is 0.306 e. The van der Waals surface area contributed by atoms with Crippen LogP contribution in [0.1, 0.15) is 19.8 Å². The average Bonchev–Trinajstić information content (AvgIpc) is 2.70. The largest absolute Gasteiger partial charge is 0.481 e. The predicted molar refractivity (Wildman–Crippen MR) is 57.1 cm³/mol. The zero-order valence-electron chi connectivity index (χ0n) is 8.46. The molecule has 15 heavy (non-hydrogen) atoms. The monoisotopic (exact) mass is 227 g/mol. The molecule has 1 fully saturated rings. The molecule has 1 saturated heterocycles. The molecule has 1 aliphatic rings. The highest BCUT2D eigenvalue weighted by Gasteiger charge is 2.30. The Labute approximate surface area is 91.7 Å². The zero-order valence-corrected chi connectivity index (χ0v) is 9.28. The van der Waals surface area contributed by atoms with E-state index in [0.29, 0.717) is 12.8 Å². The number of aliphatic carboxylic acids is 1. The molecule has 5 nitrogen and oxygen atoms in total. The van der Waals surface area contributed by atoms with E-state index in [0.717, 1.165) is 11.7 Å². The number of carboxylic acids is 1. The Morgan fingerprint density at radius 1 is 1.73 bits per heavy atom. The molecule has 2 heterocycles. The maximum atomic E-state index is 10.8. The molecule has 82 valence electrons. The fraction of sp³-hybridized carbons (Fsp3) is 0.667. The van der Waals surface area contributed by atoms with Crippen LogP contribution in [-0.2, 0) is 4.79 Å². The van der Waals surface area contributed by atoms with E-state index in [2.05, 4.69) is 15.1 Å². The molecule has 0 aromatic carbocycles. The number of rotatable bonds is 2. The van der Waals surface area contributed by atoms with E-state index in [9.17, 15) is 4.79 Å². The van der Waals surface area contributed by atoms with E-state index < -0.39 is 5.97 Å². The summed E-state index contributed by atoms with van der Waals surface area (Å²) in [5, 5.41) is 17.6. The van der Waals surface area contributed by atoms with Crippen LogP contribution in [0.3, 0.4) is 0 Å². The van der Waals surface area contributed by atoms with Crippen LogP contribution >= 0.6 is 11.3 Å². The predicted octanol–water partition coefficient (Wildman–Crippen LogP) is 1.23. The molecule has 0 bridgehead atoms. The normalized spacial score (nSPS) is 26.6. The summed E-state index contributed by atoms with van der Waals surface area (Å²) in [5.74, 6) is -0.886. The van der Waals surface area contributed by atoms with Gasteiger partial charge in [0, 0.05) is 12.6 Å². The molecule has 0 aliphatic carbocycles. The number of carbonyl (C=O) groups is 1. The van der Waals surface area contributed by atoms with Crippen molar-refractivity contribution in [2.75, 3.05) is 11.4 Å². The summed E-state index contributed by atoms with van der Waals surface area (Å²) in [6.45, 7) is 2.80. The van der Waals surface area contributed by atoms with E-state index in [1.54, 1.807) is 5.51 Å². The van der Waals surface area contributed by atoms with Gasteiger partial charge in [-0.3, -0.25) is 4.79 Å². The van der Waals surface area contributed by atoms with Crippen molar-refractivity contribution >= 4 is 22.4 Å². The van der Waals surface area contributed by atoms with Crippen molar-refractivity contribution in [1.82, 2.24) is 10.2 Å². The Morgan fingerprint density at radius 3 is 3.07 bits per heavy atom. The first kappa shape index (κ1) is 10.4. The molecule has 1 aromatic rings. The first-order chi connectivity index (χ1) is 7.18. The van der Waals surface area contributed by atoms with E-state index in [4.69, 9.17) is 5.11 Å². The van der Waals surface area contributed by atoms with Gasteiger partial charge in [-0.2, -0.15) is 0 Å². The minimum absolute atomic E-state index is 0.204. The van der Waals surface area contributed by atoms with Gasteiger partial charge in [0.1, 0.15) is 5.51 Å². The van der Waals surface area contributed by atoms with Gasteiger partial charge in [0.05, 0.1) is 5.92 Å². The topological polar surface area (TPSA) is 66.3 Å². The number of hydrogen-bond acceptors (Lipinski definition) is 5. The quantitative estimate of drug-likeness (QED) is 0.823. The number of hydrogen-bond donors (Lipinski definition) is 1. The third-order valence-electron chi connectivity index (χ3n) is 2.82. The zero-order chi connectivity index (χ0) is 10.8. The van der Waals surface area contributed by atoms with Gasteiger partial charge in [-0.1, -0.05) is 11.3 Å². The SMILES string of the molecule is CC1CC(C(=O)O)CCN1c1nncs1. The molecule has 1 N–H and O–H groups in total. The van der Waals surface area contributed by atoms with Crippen molar-refractivity contribution in [3.8, 4) is 0 Å². The first-order valence-corrected chi connectivity index (χ1v) is 5.82. The van der Waals surface area contributed by atoms with Gasteiger partial charge in [-0.05, 0) is 19.8 Å². The maximum absolute atomic E-state index is 10.8. The van der Waals surface area contributed by atoms with Gasteiger partial charge in [-0.15, -0.1) is 10.2 Å². The standard InChI is InChI=1S/C9H13N3O2S/c1-6-4-7(8(13)14)2-3-12(6)9-11-10-5-15-9/h5-7H,2-4H2,1H3,(H,13,14). The van der Waals surface area contributed by atoms with Crippen LogP contribution in [0, 0.1) is 5.92 Å². The molecule has 0 radical (unpaired) electrons. The average molecular weight is 227 g/mol. The van der Waals surface area contributed by atoms with Crippen LogP contribution in [0.15, 0.2) is 5.51 Å². The fourth-order valence-corrected chi connectivity index (χ4v) is 2.66. The third kappa shape index (κ3) is 2.09. The molecule has 0 saturated carbocycles. The van der Waals surface area contributed by atoms with Crippen molar-refractivity contribution in [3.05, 3.63) is 5.51 Å². The van der Waals surface area contributed by atoms with Crippen molar-refractivity contribution in [1.29, 1.82) is 0 Å². The molecule has 2 unspecified atom stereocenters. The minimum Gasteiger partial charge on any atom is -0.481 e. The summed E-state index contributed by atoms with van der Waals surface area (Å²) in [5.41, 5.74) is 1.70. The summed E-state index contributed by atoms with van der Waals surface area (Å²) < 4.78 is 0. The van der Waals surface area contributed by atoms with E-state index in [1.165, 1.54) is 11.3 Å². The van der Waals surface area contributed by atoms with Crippen molar-refractivity contribution in [3.63, 3.8) is 0 Å². The lowest BCUT2D eigenvalue weighted by atomic mass is 9.92. The highest BCUT2D eigenvalue weighted by molar-refractivity contribution is 7.13. The lowest BCUT2D eigenvalue weighted by Crippen LogP contribution is -2.42. The van der Waals surface area contributed by atoms with E-state index in [1.807, 2.05) is 6.92 Å². The molecule has 6 heteroatoms. The second-order valence-electron chi connectivity index (χ2n) is 3.82. The van der Waals surface area contributed by atoms with Gasteiger partial charge in [0.2, 0.25) is 5.13 Å². The van der Waals surface area contributed by atoms with Gasteiger partial charge < -0.3 is 10.0 Å². The molecular formula is C9H13N3O2S. The molecule has 0 spiro atoms. The molecule has 2 rings (SSSR count). The smallest absolute Gasteiger partial charge is 0.306 e. The Balaban J connectivity index is 2.04. The van der Waals surface area contributed by atoms with Gasteiger partial charge >= 0.3 is 5.97 Å². The highest BCUT2D eigenvalue weighted by atomic mass is 32.1. The Hall–Kier alpha value is -1.17. The lowest BCUT2D eigenvalue weighted by molar-refractivity contribution is -0.142. The lowest BCUT2D eigenvalue weighted by Gasteiger charge is -2.35. The Kier molecular flexibility index (Phi) is 2.86. The first-order valence-electron chi connectivity index (χ1n) is 4.94. The van der Waals surface area contributed by atoms with Gasteiger partial charge in [0.25, 0.3) is 0 Å². The minimum atomic E-state index is -0.682. The molecule has 2 atom stereocenters.